The second-order valence-electron chi connectivity index (χ2n) is 10.3. The Kier molecular flexibility index (Phi) is 8.74. The van der Waals surface area contributed by atoms with Crippen molar-refractivity contribution in [2.45, 2.75) is 44.0 Å². The first-order chi connectivity index (χ1) is 19.5. The van der Waals surface area contributed by atoms with Crippen LogP contribution in [0.15, 0.2) is 79.0 Å². The van der Waals surface area contributed by atoms with Gasteiger partial charge in [-0.15, -0.1) is 5.10 Å². The molecular weight excluding hydrogens is 506 g/mol. The normalized spacial score (nSPS) is 16.3. The molecule has 0 saturated carbocycles. The van der Waals surface area contributed by atoms with Crippen molar-refractivity contribution in [1.82, 2.24) is 19.5 Å². The fourth-order valence-electron chi connectivity index (χ4n) is 5.09. The summed E-state index contributed by atoms with van der Waals surface area (Å²) < 4.78 is 13.5. The van der Waals surface area contributed by atoms with E-state index in [0.717, 1.165) is 45.4 Å². The van der Waals surface area contributed by atoms with E-state index in [0.29, 0.717) is 17.2 Å². The number of aromatic nitrogens is 3. The van der Waals surface area contributed by atoms with E-state index in [2.05, 4.69) is 68.8 Å². The number of likely N-dealkylation sites (tertiary alicyclic amines) is 1. The molecule has 1 aliphatic heterocycles. The number of nitrogens with one attached hydrogen (secondary N) is 1. The van der Waals surface area contributed by atoms with Crippen molar-refractivity contribution in [3.05, 3.63) is 95.8 Å². The van der Waals surface area contributed by atoms with Crippen LogP contribution < -0.4 is 5.32 Å². The molecule has 210 valence electrons. The number of aliphatic carboxylic acids is 1. The van der Waals surface area contributed by atoms with Gasteiger partial charge in [0.25, 0.3) is 0 Å². The number of benzene rings is 2. The molecular formula is C31H37N5O4. The number of piperidine rings is 1. The number of ether oxygens (including phenoxy) is 2. The Bertz CT molecular complexity index is 1350. The van der Waals surface area contributed by atoms with Crippen molar-refractivity contribution in [2.24, 2.45) is 0 Å². The second kappa shape index (κ2) is 12.6. The number of hydrogen-bond acceptors (Lipinski definition) is 7. The molecule has 0 aliphatic carbocycles. The minimum absolute atomic E-state index is 0.0491. The average Bonchev–Trinajstić information content (AvgIpc) is 3.43. The van der Waals surface area contributed by atoms with Gasteiger partial charge in [0.15, 0.2) is 5.65 Å². The molecule has 2 aromatic heterocycles. The smallest absolute Gasteiger partial charge is 0.342 e. The van der Waals surface area contributed by atoms with Crippen molar-refractivity contribution >= 4 is 17.4 Å². The molecule has 1 unspecified atom stereocenters. The predicted octanol–water partition coefficient (Wildman–Crippen LogP) is 4.75. The van der Waals surface area contributed by atoms with Gasteiger partial charge >= 0.3 is 5.97 Å². The predicted molar refractivity (Wildman–Crippen MR) is 153 cm³/mol. The number of methoxy groups -OCH3 is 1. The molecule has 4 aromatic rings. The van der Waals surface area contributed by atoms with Gasteiger partial charge in [-0.2, -0.15) is 0 Å². The van der Waals surface area contributed by atoms with E-state index in [4.69, 9.17) is 9.47 Å². The molecule has 40 heavy (non-hydrogen) atoms. The standard InChI is InChI=1S/C31H37N5O4/c1-31(39-2,30(37)38)26-22-36-28(33-26)15-14-27(34-36)32-18-9-19-35-20-16-25(17-21-35)40-29(23-10-5-3-6-11-23)24-12-7-4-8-13-24/h3-8,10-15,22,25,29H,9,16-21H2,1-2H3,(H,32,34)(H,37,38). The minimum atomic E-state index is -1.52. The molecule has 1 atom stereocenters. The molecule has 3 heterocycles. The first-order valence-corrected chi connectivity index (χ1v) is 13.8. The van der Waals surface area contributed by atoms with E-state index in [9.17, 15) is 9.90 Å². The number of rotatable bonds is 12. The van der Waals surface area contributed by atoms with Crippen molar-refractivity contribution in [1.29, 1.82) is 0 Å². The monoisotopic (exact) mass is 543 g/mol. The molecule has 9 nitrogen and oxygen atoms in total. The summed E-state index contributed by atoms with van der Waals surface area (Å²) in [7, 11) is 1.36. The lowest BCUT2D eigenvalue weighted by molar-refractivity contribution is -0.161. The van der Waals surface area contributed by atoms with E-state index in [1.165, 1.54) is 25.2 Å². The van der Waals surface area contributed by atoms with Gasteiger partial charge in [0.1, 0.15) is 17.6 Å². The van der Waals surface area contributed by atoms with Gasteiger partial charge in [0.2, 0.25) is 5.60 Å². The highest BCUT2D eigenvalue weighted by molar-refractivity contribution is 5.78. The molecule has 1 saturated heterocycles. The van der Waals surface area contributed by atoms with Crippen molar-refractivity contribution in [3.63, 3.8) is 0 Å². The number of imidazole rings is 1. The minimum Gasteiger partial charge on any atom is -0.479 e. The van der Waals surface area contributed by atoms with Gasteiger partial charge in [-0.05, 0) is 56.0 Å². The third-order valence-electron chi connectivity index (χ3n) is 7.65. The maximum atomic E-state index is 11.7. The molecule has 0 spiro atoms. The third kappa shape index (κ3) is 6.33. The van der Waals surface area contributed by atoms with Crippen molar-refractivity contribution in [2.75, 3.05) is 38.6 Å². The molecule has 2 aromatic carbocycles. The SMILES string of the molecule is COC(C)(C(=O)O)c1cn2nc(NCCCN3CCC(OC(c4ccccc4)c4ccccc4)CC3)ccc2n1. The summed E-state index contributed by atoms with van der Waals surface area (Å²) in [5, 5.41) is 17.5. The zero-order valence-corrected chi connectivity index (χ0v) is 23.1. The highest BCUT2D eigenvalue weighted by atomic mass is 16.5. The van der Waals surface area contributed by atoms with Crippen LogP contribution in [0.25, 0.3) is 5.65 Å². The number of carboxylic acid groups (broad SMARTS) is 1. The Morgan fingerprint density at radius 2 is 1.70 bits per heavy atom. The van der Waals surface area contributed by atoms with E-state index in [-0.39, 0.29) is 12.2 Å². The fraction of sp³-hybridized carbons (Fsp3) is 0.387. The number of hydrogen-bond donors (Lipinski definition) is 2. The van der Waals surface area contributed by atoms with Gasteiger partial charge < -0.3 is 24.8 Å². The molecule has 0 bridgehead atoms. The van der Waals surface area contributed by atoms with Crippen molar-refractivity contribution < 1.29 is 19.4 Å². The van der Waals surface area contributed by atoms with Gasteiger partial charge in [-0.1, -0.05) is 60.7 Å². The summed E-state index contributed by atoms with van der Waals surface area (Å²) in [4.78, 5) is 18.5. The fourth-order valence-corrected chi connectivity index (χ4v) is 5.09. The highest BCUT2D eigenvalue weighted by Gasteiger charge is 2.38. The summed E-state index contributed by atoms with van der Waals surface area (Å²) in [5.41, 5.74) is 1.73. The van der Waals surface area contributed by atoms with Gasteiger partial charge in [0, 0.05) is 26.7 Å². The van der Waals surface area contributed by atoms with Crippen LogP contribution in [-0.4, -0.2) is 70.0 Å². The third-order valence-corrected chi connectivity index (χ3v) is 7.65. The molecule has 0 radical (unpaired) electrons. The Labute approximate surface area is 234 Å². The number of carbonyl (C=O) groups is 1. The summed E-state index contributed by atoms with van der Waals surface area (Å²) in [6.45, 7) is 5.31. The van der Waals surface area contributed by atoms with E-state index in [1.807, 2.05) is 24.3 Å². The number of nitrogens with zero attached hydrogens (tertiary/aromatic N) is 4. The lowest BCUT2D eigenvalue weighted by Crippen LogP contribution is -2.38. The maximum Gasteiger partial charge on any atom is 0.342 e. The Morgan fingerprint density at radius 3 is 2.30 bits per heavy atom. The Morgan fingerprint density at radius 1 is 1.05 bits per heavy atom. The van der Waals surface area contributed by atoms with E-state index < -0.39 is 11.6 Å². The van der Waals surface area contributed by atoms with Crippen LogP contribution >= 0.6 is 0 Å². The zero-order valence-electron chi connectivity index (χ0n) is 23.1. The van der Waals surface area contributed by atoms with Crippen molar-refractivity contribution in [3.8, 4) is 0 Å². The molecule has 1 fully saturated rings. The van der Waals surface area contributed by atoms with Crippen LogP contribution in [0.4, 0.5) is 5.82 Å². The average molecular weight is 544 g/mol. The second-order valence-corrected chi connectivity index (χ2v) is 10.3. The Hall–Kier alpha value is -3.79. The summed E-state index contributed by atoms with van der Waals surface area (Å²) in [5.74, 6) is -0.384. The topological polar surface area (TPSA) is 101 Å². The largest absolute Gasteiger partial charge is 0.479 e. The highest BCUT2D eigenvalue weighted by Crippen LogP contribution is 2.30. The zero-order chi connectivity index (χ0) is 28.0. The van der Waals surface area contributed by atoms with Crippen LogP contribution in [0.1, 0.15) is 49.1 Å². The van der Waals surface area contributed by atoms with Gasteiger partial charge in [-0.3, -0.25) is 0 Å². The van der Waals surface area contributed by atoms with Crippen LogP contribution in [0.2, 0.25) is 0 Å². The first kappa shape index (κ1) is 27.8. The lowest BCUT2D eigenvalue weighted by Gasteiger charge is -2.34. The number of fused-ring (bicyclic) bond motifs is 1. The van der Waals surface area contributed by atoms with Gasteiger partial charge in [-0.25, -0.2) is 14.3 Å². The summed E-state index contributed by atoms with van der Waals surface area (Å²) in [6, 6.07) is 24.6. The van der Waals surface area contributed by atoms with Crippen LogP contribution in [0.3, 0.4) is 0 Å². The maximum absolute atomic E-state index is 11.7. The molecule has 9 heteroatoms. The lowest BCUT2D eigenvalue weighted by atomic mass is 10.00. The van der Waals surface area contributed by atoms with Crippen LogP contribution in [-0.2, 0) is 19.9 Å². The molecule has 0 amide bonds. The molecule has 1 aliphatic rings. The van der Waals surface area contributed by atoms with Crippen LogP contribution in [0, 0.1) is 0 Å². The quantitative estimate of drug-likeness (QED) is 0.247. The number of anilines is 1. The van der Waals surface area contributed by atoms with Gasteiger partial charge in [0.05, 0.1) is 12.3 Å². The summed E-state index contributed by atoms with van der Waals surface area (Å²) >= 11 is 0. The number of carboxylic acids is 1. The first-order valence-electron chi connectivity index (χ1n) is 13.8. The Balaban J connectivity index is 1.09. The molecule has 5 rings (SSSR count). The van der Waals surface area contributed by atoms with E-state index in [1.54, 1.807) is 10.7 Å². The summed E-state index contributed by atoms with van der Waals surface area (Å²) in [6.07, 6.45) is 4.80. The van der Waals surface area contributed by atoms with Crippen LogP contribution in [0.5, 0.6) is 0 Å². The molecule has 2 N–H and O–H groups in total. The van der Waals surface area contributed by atoms with E-state index >= 15 is 0 Å².